The van der Waals surface area contributed by atoms with Gasteiger partial charge in [-0.1, -0.05) is 35.6 Å². The Balaban J connectivity index is 1.54. The predicted octanol–water partition coefficient (Wildman–Crippen LogP) is 5.97. The lowest BCUT2D eigenvalue weighted by Crippen LogP contribution is -2.33. The van der Waals surface area contributed by atoms with Crippen LogP contribution in [0.3, 0.4) is 0 Å². The number of fused-ring (bicyclic) bond motifs is 1. The number of methoxy groups -OCH3 is 2. The molecule has 3 aromatic carbocycles. The van der Waals surface area contributed by atoms with Crippen molar-refractivity contribution in [3.05, 3.63) is 106 Å². The van der Waals surface area contributed by atoms with Crippen LogP contribution in [0.1, 0.15) is 26.9 Å². The van der Waals surface area contributed by atoms with Gasteiger partial charge in [0.25, 0.3) is 0 Å². The number of nitriles is 1. The normalized spacial score (nSPS) is 16.2. The zero-order valence-corrected chi connectivity index (χ0v) is 23.8. The molecular weight excluding hydrogens is 568 g/mol. The summed E-state index contributed by atoms with van der Waals surface area (Å²) in [5.41, 5.74) is 2.16. The van der Waals surface area contributed by atoms with Crippen molar-refractivity contribution in [3.63, 3.8) is 0 Å². The van der Waals surface area contributed by atoms with Crippen molar-refractivity contribution >= 4 is 34.7 Å². The van der Waals surface area contributed by atoms with E-state index in [4.69, 9.17) is 18.9 Å². The molecule has 0 spiro atoms. The first-order chi connectivity index (χ1) is 20.9. The van der Waals surface area contributed by atoms with E-state index < -0.39 is 23.7 Å². The first-order valence-electron chi connectivity index (χ1n) is 13.1. The van der Waals surface area contributed by atoms with Gasteiger partial charge in [-0.25, -0.2) is 9.79 Å². The van der Waals surface area contributed by atoms with Crippen molar-refractivity contribution in [3.8, 4) is 34.6 Å². The fraction of sp³-hybridized carbons (Fsp3) is 0.125. The molecule has 1 aliphatic heterocycles. The van der Waals surface area contributed by atoms with E-state index in [-0.39, 0.29) is 5.56 Å². The summed E-state index contributed by atoms with van der Waals surface area (Å²) in [6.45, 7) is 0. The van der Waals surface area contributed by atoms with Crippen LogP contribution in [0.15, 0.2) is 94.3 Å². The van der Waals surface area contributed by atoms with Gasteiger partial charge in [-0.05, 0) is 48.5 Å². The summed E-state index contributed by atoms with van der Waals surface area (Å²) in [5.74, 6) is -0.638. The number of benzene rings is 3. The van der Waals surface area contributed by atoms with Gasteiger partial charge < -0.3 is 24.3 Å². The van der Waals surface area contributed by atoms with E-state index in [0.29, 0.717) is 55.5 Å². The van der Waals surface area contributed by atoms with Crippen LogP contribution in [-0.4, -0.2) is 35.8 Å². The van der Waals surface area contributed by atoms with Gasteiger partial charge in [0, 0.05) is 17.7 Å². The Morgan fingerprint density at radius 3 is 2.44 bits per heavy atom. The average molecular weight is 593 g/mol. The molecule has 11 heteroatoms. The van der Waals surface area contributed by atoms with Crippen LogP contribution < -0.4 is 19.6 Å². The molecule has 2 aromatic heterocycles. The van der Waals surface area contributed by atoms with Gasteiger partial charge in [-0.15, -0.1) is 0 Å². The number of aromatic nitrogens is 1. The minimum Gasteiger partial charge on any atom is -0.497 e. The van der Waals surface area contributed by atoms with Crippen LogP contribution >= 0.6 is 11.3 Å². The monoisotopic (exact) mass is 592 g/mol. The Labute approximate surface area is 249 Å². The van der Waals surface area contributed by atoms with Crippen LogP contribution in [0.25, 0.3) is 17.0 Å². The van der Waals surface area contributed by atoms with Crippen molar-refractivity contribution in [1.29, 1.82) is 5.26 Å². The summed E-state index contributed by atoms with van der Waals surface area (Å²) < 4.78 is 18.9. The average Bonchev–Trinajstić information content (AvgIpc) is 3.65. The molecule has 2 N–H and O–H groups in total. The highest BCUT2D eigenvalue weighted by molar-refractivity contribution is 7.10. The number of aromatic carboxylic acids is 1. The number of ether oxygens (including phenoxy) is 2. The highest BCUT2D eigenvalue weighted by Gasteiger charge is 2.42. The molecule has 1 amide bonds. The van der Waals surface area contributed by atoms with Crippen LogP contribution in [-0.2, 0) is 4.79 Å². The Morgan fingerprint density at radius 1 is 1.02 bits per heavy atom. The number of nitrogens with one attached hydrogen (secondary N) is 1. The van der Waals surface area contributed by atoms with Crippen molar-refractivity contribution in [2.45, 2.75) is 5.92 Å². The molecule has 0 aliphatic carbocycles. The van der Waals surface area contributed by atoms with E-state index in [1.165, 1.54) is 23.5 Å². The second kappa shape index (κ2) is 11.3. The third-order valence-electron chi connectivity index (χ3n) is 7.07. The number of carboxylic acids is 1. The Morgan fingerprint density at radius 2 is 1.74 bits per heavy atom. The molecule has 10 nitrogen and oxygen atoms in total. The molecule has 5 aromatic rings. The first kappa shape index (κ1) is 27.6. The Hall–Kier alpha value is -5.60. The lowest BCUT2D eigenvalue weighted by molar-refractivity contribution is -0.119. The van der Waals surface area contributed by atoms with Crippen LogP contribution in [0.4, 0.5) is 11.5 Å². The zero-order chi connectivity index (χ0) is 30.1. The van der Waals surface area contributed by atoms with E-state index >= 15 is 0 Å². The molecular formula is C32H24N4O6S. The van der Waals surface area contributed by atoms with E-state index in [1.54, 1.807) is 44.6 Å². The fourth-order valence-electron chi connectivity index (χ4n) is 4.95. The van der Waals surface area contributed by atoms with Gasteiger partial charge in [0.15, 0.2) is 4.80 Å². The molecule has 0 saturated heterocycles. The van der Waals surface area contributed by atoms with E-state index in [1.807, 2.05) is 47.0 Å². The summed E-state index contributed by atoms with van der Waals surface area (Å²) in [6, 6.07) is 26.6. The fourth-order valence-corrected chi connectivity index (χ4v) is 6.21. The van der Waals surface area contributed by atoms with Gasteiger partial charge >= 0.3 is 5.97 Å². The van der Waals surface area contributed by atoms with Crippen molar-refractivity contribution in [1.82, 2.24) is 4.57 Å². The number of carbonyl (C=O) groups is 2. The molecule has 0 saturated carbocycles. The number of amides is 1. The smallest absolute Gasteiger partial charge is 0.335 e. The number of hydrogen-bond donors (Lipinski definition) is 2. The highest BCUT2D eigenvalue weighted by Crippen LogP contribution is 2.44. The SMILES string of the molecule is COc1cccc(N=c2sc3c(n2-c2cccc(OC)c2)NC(=O)C(C#N)C3c2ccc(-c3ccc(C(=O)O)cc3)o2)c1. The number of carbonyl (C=O) groups excluding carboxylic acids is 1. The highest BCUT2D eigenvalue weighted by atomic mass is 32.1. The van der Waals surface area contributed by atoms with Gasteiger partial charge in [0.2, 0.25) is 5.91 Å². The molecule has 3 heterocycles. The zero-order valence-electron chi connectivity index (χ0n) is 23.0. The maximum Gasteiger partial charge on any atom is 0.335 e. The van der Waals surface area contributed by atoms with Crippen LogP contribution in [0.5, 0.6) is 11.5 Å². The topological polar surface area (TPSA) is 139 Å². The molecule has 0 radical (unpaired) electrons. The van der Waals surface area contributed by atoms with E-state index in [0.717, 1.165) is 0 Å². The van der Waals surface area contributed by atoms with E-state index in [9.17, 15) is 20.0 Å². The minimum atomic E-state index is -1.07. The van der Waals surface area contributed by atoms with Crippen molar-refractivity contribution < 1.29 is 28.6 Å². The molecule has 0 fully saturated rings. The number of furan rings is 1. The number of hydrogen-bond acceptors (Lipinski definition) is 8. The summed E-state index contributed by atoms with van der Waals surface area (Å²) >= 11 is 1.34. The summed E-state index contributed by atoms with van der Waals surface area (Å²) in [4.78, 5) is 30.8. The second-order valence-electron chi connectivity index (χ2n) is 9.61. The lowest BCUT2D eigenvalue weighted by atomic mass is 9.86. The Bertz CT molecular complexity index is 1960. The number of carboxylic acid groups (broad SMARTS) is 1. The summed E-state index contributed by atoms with van der Waals surface area (Å²) in [5, 5.41) is 22.3. The van der Waals surface area contributed by atoms with Crippen LogP contribution in [0, 0.1) is 17.2 Å². The third kappa shape index (κ3) is 5.16. The third-order valence-corrected chi connectivity index (χ3v) is 8.19. The minimum absolute atomic E-state index is 0.154. The maximum absolute atomic E-state index is 13.4. The molecule has 2 atom stereocenters. The van der Waals surface area contributed by atoms with Crippen LogP contribution in [0.2, 0.25) is 0 Å². The standard InChI is InChI=1S/C32H24N4O6S/c1-40-22-7-3-5-20(15-22)34-32-36(21-6-4-8-23(16-21)41-2)29-28(43-32)27(24(17-33)30(37)35-29)26-14-13-25(42-26)18-9-11-19(12-10-18)31(38)39/h3-16,24,27H,1-2H3,(H,35,37)(H,38,39). The van der Waals surface area contributed by atoms with Gasteiger partial charge in [0.1, 0.15) is 34.8 Å². The molecule has 214 valence electrons. The molecule has 1 aliphatic rings. The number of nitrogens with zero attached hydrogens (tertiary/aromatic N) is 3. The lowest BCUT2D eigenvalue weighted by Gasteiger charge is -2.26. The van der Waals surface area contributed by atoms with Gasteiger partial charge in [0.05, 0.1) is 48.0 Å². The predicted molar refractivity (Wildman–Crippen MR) is 159 cm³/mol. The second-order valence-corrected chi connectivity index (χ2v) is 10.6. The van der Waals surface area contributed by atoms with Crippen molar-refractivity contribution in [2.75, 3.05) is 19.5 Å². The molecule has 0 bridgehead atoms. The van der Waals surface area contributed by atoms with E-state index in [2.05, 4.69) is 11.4 Å². The maximum atomic E-state index is 13.4. The molecule has 6 rings (SSSR count). The van der Waals surface area contributed by atoms with Gasteiger partial charge in [-0.2, -0.15) is 5.26 Å². The first-order valence-corrected chi connectivity index (χ1v) is 13.9. The summed E-state index contributed by atoms with van der Waals surface area (Å²) in [7, 11) is 3.16. The number of rotatable bonds is 7. The quantitative estimate of drug-likeness (QED) is 0.237. The Kier molecular flexibility index (Phi) is 7.27. The molecule has 2 unspecified atom stereocenters. The molecule has 43 heavy (non-hydrogen) atoms. The summed E-state index contributed by atoms with van der Waals surface area (Å²) in [6.07, 6.45) is 0. The number of thiazole rings is 1. The number of anilines is 1. The largest absolute Gasteiger partial charge is 0.497 e. The van der Waals surface area contributed by atoms with Gasteiger partial charge in [-0.3, -0.25) is 9.36 Å². The van der Waals surface area contributed by atoms with Crippen molar-refractivity contribution in [2.24, 2.45) is 10.9 Å².